The maximum Gasteiger partial charge on any atom is 0.306 e. The van der Waals surface area contributed by atoms with Crippen LogP contribution in [0.1, 0.15) is 144 Å². The molecule has 0 bridgehead atoms. The standard InChI is InChI=1S/C48H79N7O13/c1-27(2)18-32(47(66)53-30(6)39(58)13-15-44(63)55-17-9-11-38(55)42(61)22-31(48(67)68)10-7-8-16-49)21-34(56)26-52-46(65)33(19-28(3)4)23-41(60)36(12-14-43(50)62)54-45(64)29(5)20-40(59)37-24-35(57)25-51-37/h27-33,35-38,51,57H,7-26,49H2,1-6H3,(H2,50,62)(H,52,65)(H,53,66)(H,54,64)(H,67,68)/t29-,30+,31-,32-,33-,35+,36+,37-,38+/m1/s1. The summed E-state index contributed by atoms with van der Waals surface area (Å²) >= 11 is 0. The van der Waals surface area contributed by atoms with Crippen molar-refractivity contribution in [2.45, 2.75) is 175 Å². The van der Waals surface area contributed by atoms with E-state index in [1.165, 1.54) is 18.7 Å². The minimum atomic E-state index is -1.19. The van der Waals surface area contributed by atoms with E-state index in [2.05, 4.69) is 21.3 Å². The molecule has 0 spiro atoms. The molecular weight excluding hydrogens is 883 g/mol. The van der Waals surface area contributed by atoms with E-state index in [4.69, 9.17) is 11.5 Å². The summed E-state index contributed by atoms with van der Waals surface area (Å²) in [5.41, 5.74) is 10.9. The lowest BCUT2D eigenvalue weighted by molar-refractivity contribution is -0.145. The van der Waals surface area contributed by atoms with E-state index in [9.17, 15) is 63.0 Å². The summed E-state index contributed by atoms with van der Waals surface area (Å²) in [7, 11) is 0. The van der Waals surface area contributed by atoms with E-state index in [0.29, 0.717) is 45.2 Å². The molecule has 2 fully saturated rings. The predicted octanol–water partition coefficient (Wildman–Crippen LogP) is 1.05. The molecule has 2 aliphatic heterocycles. The molecule has 0 unspecified atom stereocenters. The quantitative estimate of drug-likeness (QED) is 0.0418. The van der Waals surface area contributed by atoms with Crippen molar-refractivity contribution >= 4 is 64.4 Å². The number of primary amides is 1. The average molecular weight is 962 g/mol. The third-order valence-electron chi connectivity index (χ3n) is 12.6. The number of Topliss-reactive ketones (excluding diaryl/α,β-unsaturated/α-hetero) is 5. The van der Waals surface area contributed by atoms with E-state index in [-0.39, 0.29) is 101 Å². The van der Waals surface area contributed by atoms with Crippen LogP contribution in [0.25, 0.3) is 0 Å². The van der Waals surface area contributed by atoms with Crippen molar-refractivity contribution in [1.29, 1.82) is 0 Å². The highest BCUT2D eigenvalue weighted by Gasteiger charge is 2.37. The summed E-state index contributed by atoms with van der Waals surface area (Å²) in [6, 6.07) is -3.56. The number of amides is 5. The number of aliphatic carboxylic acids is 1. The van der Waals surface area contributed by atoms with Crippen LogP contribution in [0.2, 0.25) is 0 Å². The first kappa shape index (κ1) is 59.2. The van der Waals surface area contributed by atoms with Crippen molar-refractivity contribution in [3.05, 3.63) is 0 Å². The van der Waals surface area contributed by atoms with Crippen molar-refractivity contribution in [3.8, 4) is 0 Å². The molecule has 20 nitrogen and oxygen atoms in total. The number of aliphatic hydroxyl groups is 1. The van der Waals surface area contributed by atoms with Gasteiger partial charge in [-0.1, -0.05) is 41.0 Å². The van der Waals surface area contributed by atoms with Gasteiger partial charge in [-0.3, -0.25) is 52.7 Å². The van der Waals surface area contributed by atoms with E-state index in [1.807, 2.05) is 27.7 Å². The summed E-state index contributed by atoms with van der Waals surface area (Å²) in [6.45, 7) is 10.9. The second-order valence-electron chi connectivity index (χ2n) is 19.7. The van der Waals surface area contributed by atoms with Crippen molar-refractivity contribution < 1.29 is 63.0 Å². The minimum absolute atomic E-state index is 0.0316. The molecule has 0 aromatic heterocycles. The molecule has 5 amide bonds. The number of carbonyl (C=O) groups is 11. The number of likely N-dealkylation sites (tertiary alicyclic amines) is 1. The molecule has 10 N–H and O–H groups in total. The third kappa shape index (κ3) is 21.1. The third-order valence-corrected chi connectivity index (χ3v) is 12.6. The number of nitrogens with zero attached hydrogens (tertiary/aromatic N) is 1. The Morgan fingerprint density at radius 2 is 1.37 bits per heavy atom. The number of nitrogens with two attached hydrogens (primary N) is 2. The Hall–Kier alpha value is -4.95. The number of hydrogen-bond donors (Lipinski definition) is 8. The zero-order chi connectivity index (χ0) is 51.2. The molecular formula is C48H79N7O13. The summed E-state index contributed by atoms with van der Waals surface area (Å²) < 4.78 is 0. The van der Waals surface area contributed by atoms with Crippen LogP contribution in [0.4, 0.5) is 0 Å². The molecule has 2 rings (SSSR count). The van der Waals surface area contributed by atoms with Crippen molar-refractivity contribution in [2.75, 3.05) is 26.2 Å². The largest absolute Gasteiger partial charge is 0.481 e. The van der Waals surface area contributed by atoms with Gasteiger partial charge in [0.2, 0.25) is 29.5 Å². The molecule has 384 valence electrons. The van der Waals surface area contributed by atoms with E-state index < -0.39 is 113 Å². The van der Waals surface area contributed by atoms with Gasteiger partial charge in [0.1, 0.15) is 0 Å². The first-order valence-corrected chi connectivity index (χ1v) is 24.4. The van der Waals surface area contributed by atoms with Gasteiger partial charge in [-0.25, -0.2) is 0 Å². The van der Waals surface area contributed by atoms with Crippen molar-refractivity contribution in [2.24, 2.45) is 47.0 Å². The van der Waals surface area contributed by atoms with Gasteiger partial charge in [-0.15, -0.1) is 0 Å². The van der Waals surface area contributed by atoms with Crippen LogP contribution in [-0.4, -0.2) is 136 Å². The van der Waals surface area contributed by atoms with Crippen LogP contribution in [0, 0.1) is 35.5 Å². The average Bonchev–Trinajstić information content (AvgIpc) is 3.94. The van der Waals surface area contributed by atoms with Gasteiger partial charge in [0.05, 0.1) is 42.7 Å². The summed E-state index contributed by atoms with van der Waals surface area (Å²) in [5.74, 6) is -9.62. The first-order chi connectivity index (χ1) is 31.9. The SMILES string of the molecule is CC(C)C[C@H](CC(=O)[C@H](CCC(N)=O)NC(=O)[C@H](C)CC(=O)[C@H]1C[C@H](O)CN1)C(=O)NCC(=O)C[C@@H](CC(C)C)C(=O)N[C@@H](C)C(=O)CCC(=O)N1CCC[C@H]1C(=O)C[C@@H](CCCCN)C(=O)O. The zero-order valence-electron chi connectivity index (χ0n) is 41.0. The lowest BCUT2D eigenvalue weighted by Crippen LogP contribution is -2.46. The molecule has 2 aliphatic rings. The summed E-state index contributed by atoms with van der Waals surface area (Å²) in [5, 5.41) is 30.2. The fourth-order valence-corrected chi connectivity index (χ4v) is 8.81. The Morgan fingerprint density at radius 3 is 1.94 bits per heavy atom. The van der Waals surface area contributed by atoms with E-state index in [1.54, 1.807) is 0 Å². The highest BCUT2D eigenvalue weighted by Crippen LogP contribution is 2.25. The number of carbonyl (C=O) groups excluding carboxylic acids is 10. The minimum Gasteiger partial charge on any atom is -0.481 e. The predicted molar refractivity (Wildman–Crippen MR) is 250 cm³/mol. The lowest BCUT2D eigenvalue weighted by atomic mass is 9.88. The maximum absolute atomic E-state index is 13.7. The molecule has 9 atom stereocenters. The number of carboxylic acids is 1. The number of hydrogen-bond acceptors (Lipinski definition) is 14. The fraction of sp³-hybridized carbons (Fsp3) is 0.771. The van der Waals surface area contributed by atoms with Gasteiger partial charge >= 0.3 is 5.97 Å². The summed E-state index contributed by atoms with van der Waals surface area (Å²) in [6.07, 6.45) is 0.775. The zero-order valence-corrected chi connectivity index (χ0v) is 41.0. The Kier molecular flexibility index (Phi) is 26.0. The maximum atomic E-state index is 13.7. The van der Waals surface area contributed by atoms with Crippen molar-refractivity contribution in [1.82, 2.24) is 26.2 Å². The topological polar surface area (TPSA) is 332 Å². The van der Waals surface area contributed by atoms with Gasteiger partial charge in [0.25, 0.3) is 0 Å². The molecule has 0 aromatic carbocycles. The molecule has 0 aliphatic carbocycles. The number of aliphatic hydroxyl groups excluding tert-OH is 1. The Labute approximate surface area is 400 Å². The highest BCUT2D eigenvalue weighted by atomic mass is 16.4. The molecule has 0 saturated carbocycles. The second kappa shape index (κ2) is 29.8. The van der Waals surface area contributed by atoms with E-state index >= 15 is 0 Å². The Balaban J connectivity index is 2.00. The Bertz CT molecular complexity index is 1790. The monoisotopic (exact) mass is 962 g/mol. The van der Waals surface area contributed by atoms with Gasteiger partial charge in [-0.05, 0) is 76.7 Å². The first-order valence-electron chi connectivity index (χ1n) is 24.4. The van der Waals surface area contributed by atoms with Crippen LogP contribution in [0.3, 0.4) is 0 Å². The Morgan fingerprint density at radius 1 is 0.721 bits per heavy atom. The van der Waals surface area contributed by atoms with Gasteiger partial charge < -0.3 is 47.8 Å². The van der Waals surface area contributed by atoms with Crippen LogP contribution >= 0.6 is 0 Å². The second-order valence-corrected chi connectivity index (χ2v) is 19.7. The molecule has 68 heavy (non-hydrogen) atoms. The lowest BCUT2D eigenvalue weighted by Gasteiger charge is -2.25. The highest BCUT2D eigenvalue weighted by molar-refractivity contribution is 5.97. The van der Waals surface area contributed by atoms with Crippen LogP contribution in [-0.2, 0) is 52.7 Å². The van der Waals surface area contributed by atoms with Crippen LogP contribution in [0.15, 0.2) is 0 Å². The van der Waals surface area contributed by atoms with Crippen LogP contribution < -0.4 is 32.7 Å². The van der Waals surface area contributed by atoms with Gasteiger partial charge in [0.15, 0.2) is 28.9 Å². The van der Waals surface area contributed by atoms with Crippen molar-refractivity contribution in [3.63, 3.8) is 0 Å². The molecule has 0 aromatic rings. The van der Waals surface area contributed by atoms with Crippen LogP contribution in [0.5, 0.6) is 0 Å². The number of ketones is 5. The number of carboxylic acid groups (broad SMARTS) is 1. The normalized spacial score (nSPS) is 19.6. The molecule has 2 saturated heterocycles. The number of nitrogens with one attached hydrogen (secondary N) is 4. The van der Waals surface area contributed by atoms with Gasteiger partial charge in [0, 0.05) is 75.8 Å². The smallest absolute Gasteiger partial charge is 0.306 e. The number of unbranched alkanes of at least 4 members (excludes halogenated alkanes) is 1. The number of rotatable bonds is 34. The number of β-amino-alcohol motifs (C(OH)–C–C–N with tert-alkyl or cyclic N) is 1. The molecule has 2 heterocycles. The molecule has 0 radical (unpaired) electrons. The summed E-state index contributed by atoms with van der Waals surface area (Å²) in [4.78, 5) is 144. The fourth-order valence-electron chi connectivity index (χ4n) is 8.81. The van der Waals surface area contributed by atoms with E-state index in [0.717, 1.165) is 0 Å². The van der Waals surface area contributed by atoms with Gasteiger partial charge in [-0.2, -0.15) is 0 Å². The molecule has 20 heteroatoms.